The van der Waals surface area contributed by atoms with E-state index in [1.54, 1.807) is 6.07 Å². The van der Waals surface area contributed by atoms with E-state index in [-0.39, 0.29) is 11.6 Å². The topological polar surface area (TPSA) is 43.1 Å². The Morgan fingerprint density at radius 1 is 1.33 bits per heavy atom. The van der Waals surface area contributed by atoms with Crippen molar-refractivity contribution in [1.82, 2.24) is 0 Å². The molecule has 0 aliphatic rings. The van der Waals surface area contributed by atoms with Crippen LogP contribution in [0, 0.1) is 10.1 Å². The lowest BCUT2D eigenvalue weighted by atomic mass is 10.0. The molecule has 0 saturated carbocycles. The highest BCUT2D eigenvalue weighted by molar-refractivity contribution is 6.31. The third kappa shape index (κ3) is 3.88. The SMILES string of the molecule is CC.CC(C)c1ccc([N+](=O)[O-])cc1Cl. The molecule has 0 atom stereocenters. The smallest absolute Gasteiger partial charge is 0.258 e. The second-order valence-corrected chi connectivity index (χ2v) is 3.52. The number of hydrogen-bond acceptors (Lipinski definition) is 2. The Kier molecular flexibility index (Phi) is 5.94. The maximum Gasteiger partial charge on any atom is 0.270 e. The summed E-state index contributed by atoms with van der Waals surface area (Å²) < 4.78 is 0. The molecule has 0 unspecified atom stereocenters. The molecule has 0 amide bonds. The zero-order chi connectivity index (χ0) is 12.0. The fraction of sp³-hybridized carbons (Fsp3) is 0.455. The van der Waals surface area contributed by atoms with E-state index in [4.69, 9.17) is 11.6 Å². The summed E-state index contributed by atoms with van der Waals surface area (Å²) in [5.41, 5.74) is 0.974. The molecule has 0 fully saturated rings. The maximum absolute atomic E-state index is 10.4. The fourth-order valence-corrected chi connectivity index (χ4v) is 1.49. The van der Waals surface area contributed by atoms with E-state index in [2.05, 4.69) is 0 Å². The van der Waals surface area contributed by atoms with Gasteiger partial charge in [0.25, 0.3) is 5.69 Å². The van der Waals surface area contributed by atoms with Crippen LogP contribution < -0.4 is 0 Å². The summed E-state index contributed by atoms with van der Waals surface area (Å²) >= 11 is 5.86. The molecule has 0 aromatic heterocycles. The minimum atomic E-state index is -0.448. The van der Waals surface area contributed by atoms with Gasteiger partial charge in [0.15, 0.2) is 0 Å². The Labute approximate surface area is 95.2 Å². The number of nitro groups is 1. The van der Waals surface area contributed by atoms with Crippen LogP contribution in [0.5, 0.6) is 0 Å². The molecule has 0 spiro atoms. The van der Waals surface area contributed by atoms with Crippen molar-refractivity contribution in [2.75, 3.05) is 0 Å². The quantitative estimate of drug-likeness (QED) is 0.557. The first-order valence-electron chi connectivity index (χ1n) is 4.96. The van der Waals surface area contributed by atoms with Crippen molar-refractivity contribution in [2.45, 2.75) is 33.6 Å². The van der Waals surface area contributed by atoms with Gasteiger partial charge < -0.3 is 0 Å². The Hall–Kier alpha value is -1.09. The molecule has 0 saturated heterocycles. The molecule has 1 aromatic rings. The van der Waals surface area contributed by atoms with Crippen molar-refractivity contribution in [1.29, 1.82) is 0 Å². The summed E-state index contributed by atoms with van der Waals surface area (Å²) in [7, 11) is 0. The van der Waals surface area contributed by atoms with Gasteiger partial charge in [-0.1, -0.05) is 45.4 Å². The average Bonchev–Trinajstić information content (AvgIpc) is 2.20. The van der Waals surface area contributed by atoms with Gasteiger partial charge in [0.05, 0.1) is 9.95 Å². The molecule has 0 radical (unpaired) electrons. The van der Waals surface area contributed by atoms with Crippen LogP contribution in [-0.2, 0) is 0 Å². The van der Waals surface area contributed by atoms with Crippen LogP contribution in [0.3, 0.4) is 0 Å². The lowest BCUT2D eigenvalue weighted by Crippen LogP contribution is -1.92. The van der Waals surface area contributed by atoms with Crippen molar-refractivity contribution >= 4 is 17.3 Å². The number of halogens is 1. The Bertz CT molecular complexity index is 337. The minimum absolute atomic E-state index is 0.0365. The highest BCUT2D eigenvalue weighted by Crippen LogP contribution is 2.27. The van der Waals surface area contributed by atoms with Crippen LogP contribution in [0.4, 0.5) is 5.69 Å². The first kappa shape index (κ1) is 13.9. The number of non-ortho nitro benzene ring substituents is 1. The molecule has 0 heterocycles. The number of nitrogens with zero attached hydrogens (tertiary/aromatic N) is 1. The molecule has 3 nitrogen and oxygen atoms in total. The van der Waals surface area contributed by atoms with Crippen LogP contribution >= 0.6 is 11.6 Å². The monoisotopic (exact) mass is 229 g/mol. The van der Waals surface area contributed by atoms with E-state index in [0.29, 0.717) is 5.02 Å². The number of benzene rings is 1. The zero-order valence-electron chi connectivity index (χ0n) is 9.45. The first-order chi connectivity index (χ1) is 7.02. The van der Waals surface area contributed by atoms with Crippen LogP contribution in [0.2, 0.25) is 5.02 Å². The highest BCUT2D eigenvalue weighted by atomic mass is 35.5. The first-order valence-corrected chi connectivity index (χ1v) is 5.34. The molecular weight excluding hydrogens is 214 g/mol. The molecule has 4 heteroatoms. The number of nitro benzene ring substituents is 1. The molecule has 84 valence electrons. The van der Waals surface area contributed by atoms with Crippen LogP contribution in [0.15, 0.2) is 18.2 Å². The highest BCUT2D eigenvalue weighted by Gasteiger charge is 2.10. The molecule has 15 heavy (non-hydrogen) atoms. The van der Waals surface area contributed by atoms with Crippen molar-refractivity contribution in [2.24, 2.45) is 0 Å². The lowest BCUT2D eigenvalue weighted by Gasteiger charge is -2.06. The van der Waals surface area contributed by atoms with E-state index in [1.807, 2.05) is 27.7 Å². The van der Waals surface area contributed by atoms with Crippen LogP contribution in [0.25, 0.3) is 0 Å². The van der Waals surface area contributed by atoms with Crippen LogP contribution in [-0.4, -0.2) is 4.92 Å². The molecule has 0 aliphatic carbocycles. The van der Waals surface area contributed by atoms with Gasteiger partial charge in [-0.25, -0.2) is 0 Å². The van der Waals surface area contributed by atoms with Gasteiger partial charge in [-0.05, 0) is 11.5 Å². The number of rotatable bonds is 2. The van der Waals surface area contributed by atoms with Gasteiger partial charge in [0.1, 0.15) is 0 Å². The zero-order valence-corrected chi connectivity index (χ0v) is 10.2. The predicted octanol–water partition coefficient (Wildman–Crippen LogP) is 4.40. The molecular formula is C11H16ClNO2. The number of hydrogen-bond donors (Lipinski definition) is 0. The Balaban J connectivity index is 0.000000921. The molecule has 1 aromatic carbocycles. The standard InChI is InChI=1S/C9H10ClNO2.C2H6/c1-6(2)8-4-3-7(11(12)13)5-9(8)10;1-2/h3-6H,1-2H3;1-2H3. The van der Waals surface area contributed by atoms with Gasteiger partial charge in [0.2, 0.25) is 0 Å². The second-order valence-electron chi connectivity index (χ2n) is 3.12. The second kappa shape index (κ2) is 6.40. The van der Waals surface area contributed by atoms with E-state index >= 15 is 0 Å². The summed E-state index contributed by atoms with van der Waals surface area (Å²) in [5.74, 6) is 0.285. The lowest BCUT2D eigenvalue weighted by molar-refractivity contribution is -0.384. The minimum Gasteiger partial charge on any atom is -0.258 e. The van der Waals surface area contributed by atoms with E-state index < -0.39 is 4.92 Å². The van der Waals surface area contributed by atoms with Gasteiger partial charge in [0, 0.05) is 12.1 Å². The van der Waals surface area contributed by atoms with Gasteiger partial charge in [-0.2, -0.15) is 0 Å². The summed E-state index contributed by atoms with van der Waals surface area (Å²) in [5, 5.41) is 10.8. The van der Waals surface area contributed by atoms with E-state index in [9.17, 15) is 10.1 Å². The summed E-state index contributed by atoms with van der Waals surface area (Å²) in [6, 6.07) is 4.56. The van der Waals surface area contributed by atoms with Crippen molar-refractivity contribution in [3.63, 3.8) is 0 Å². The third-order valence-corrected chi connectivity index (χ3v) is 2.14. The largest absolute Gasteiger partial charge is 0.270 e. The van der Waals surface area contributed by atoms with Crippen molar-refractivity contribution < 1.29 is 4.92 Å². The van der Waals surface area contributed by atoms with Crippen LogP contribution in [0.1, 0.15) is 39.2 Å². The van der Waals surface area contributed by atoms with Gasteiger partial charge >= 0.3 is 0 Å². The fourth-order valence-electron chi connectivity index (χ4n) is 1.10. The van der Waals surface area contributed by atoms with Gasteiger partial charge in [-0.3, -0.25) is 10.1 Å². The summed E-state index contributed by atoms with van der Waals surface area (Å²) in [4.78, 5) is 9.93. The maximum atomic E-state index is 10.4. The van der Waals surface area contributed by atoms with Crippen molar-refractivity contribution in [3.8, 4) is 0 Å². The molecule has 0 N–H and O–H groups in total. The van der Waals surface area contributed by atoms with Gasteiger partial charge in [-0.15, -0.1) is 0 Å². The summed E-state index contributed by atoms with van der Waals surface area (Å²) in [6.45, 7) is 7.99. The third-order valence-electron chi connectivity index (χ3n) is 1.82. The summed E-state index contributed by atoms with van der Waals surface area (Å²) in [6.07, 6.45) is 0. The van der Waals surface area contributed by atoms with E-state index in [0.717, 1.165) is 5.56 Å². The molecule has 0 aliphatic heterocycles. The Morgan fingerprint density at radius 2 is 1.87 bits per heavy atom. The molecule has 0 bridgehead atoms. The average molecular weight is 230 g/mol. The normalized spacial score (nSPS) is 9.47. The Morgan fingerprint density at radius 3 is 2.20 bits per heavy atom. The molecule has 1 rings (SSSR count). The van der Waals surface area contributed by atoms with E-state index in [1.165, 1.54) is 12.1 Å². The predicted molar refractivity (Wildman–Crippen MR) is 63.5 cm³/mol. The van der Waals surface area contributed by atoms with Crippen molar-refractivity contribution in [3.05, 3.63) is 38.9 Å².